The summed E-state index contributed by atoms with van der Waals surface area (Å²) in [4.78, 5) is 11.7. The zero-order valence-corrected chi connectivity index (χ0v) is 9.52. The van der Waals surface area contributed by atoms with Crippen molar-refractivity contribution in [3.63, 3.8) is 0 Å². The minimum absolute atomic E-state index is 0.594. The summed E-state index contributed by atoms with van der Waals surface area (Å²) in [6.07, 6.45) is 0. The molecule has 1 atom stereocenters. The minimum Gasteiger partial charge on any atom is -0.480 e. The molecule has 0 aliphatic carbocycles. The van der Waals surface area contributed by atoms with E-state index in [0.717, 1.165) is 4.88 Å². The number of carboxylic acids is 1. The molecule has 0 aliphatic rings. The smallest absolute Gasteiger partial charge is 0.321 e. The predicted molar refractivity (Wildman–Crippen MR) is 58.0 cm³/mol. The maximum atomic E-state index is 10.8. The molecule has 0 fully saturated rings. The Bertz CT molecular complexity index is 348. The number of halogens is 1. The van der Waals surface area contributed by atoms with E-state index in [0.29, 0.717) is 5.02 Å². The summed E-state index contributed by atoms with van der Waals surface area (Å²) in [5.41, 5.74) is 5.01. The lowest BCUT2D eigenvalue weighted by Gasteiger charge is -2.27. The zero-order valence-electron chi connectivity index (χ0n) is 7.95. The molecule has 14 heavy (non-hydrogen) atoms. The largest absolute Gasteiger partial charge is 0.480 e. The van der Waals surface area contributed by atoms with E-state index in [1.54, 1.807) is 25.3 Å². The van der Waals surface area contributed by atoms with E-state index < -0.39 is 17.4 Å². The van der Waals surface area contributed by atoms with Gasteiger partial charge in [0.1, 0.15) is 6.04 Å². The van der Waals surface area contributed by atoms with Crippen LogP contribution in [0.1, 0.15) is 18.7 Å². The molecular weight excluding hydrogens is 222 g/mol. The maximum Gasteiger partial charge on any atom is 0.321 e. The topological polar surface area (TPSA) is 63.3 Å². The summed E-state index contributed by atoms with van der Waals surface area (Å²) in [6, 6.07) is 0.840. The molecular formula is C9H12ClNO2S. The van der Waals surface area contributed by atoms with Gasteiger partial charge in [0.2, 0.25) is 0 Å². The number of thiophene rings is 1. The molecule has 1 unspecified atom stereocenters. The Kier molecular flexibility index (Phi) is 3.19. The monoisotopic (exact) mass is 233 g/mol. The molecule has 1 rings (SSSR count). The van der Waals surface area contributed by atoms with Gasteiger partial charge < -0.3 is 10.8 Å². The first-order chi connectivity index (χ1) is 6.35. The molecule has 0 spiro atoms. The van der Waals surface area contributed by atoms with Crippen LogP contribution in [0.2, 0.25) is 5.02 Å². The Balaban J connectivity index is 3.01. The predicted octanol–water partition coefficient (Wildman–Crippen LogP) is 2.09. The molecule has 78 valence electrons. The molecule has 0 radical (unpaired) electrons. The van der Waals surface area contributed by atoms with Gasteiger partial charge >= 0.3 is 5.97 Å². The summed E-state index contributed by atoms with van der Waals surface area (Å²) in [6.45, 7) is 3.60. The van der Waals surface area contributed by atoms with Crippen molar-refractivity contribution in [3.8, 4) is 0 Å². The normalized spacial score (nSPS) is 14.0. The quantitative estimate of drug-likeness (QED) is 0.840. The van der Waals surface area contributed by atoms with Crippen LogP contribution in [0, 0.1) is 0 Å². The average Bonchev–Trinajstić information content (AvgIpc) is 2.50. The summed E-state index contributed by atoms with van der Waals surface area (Å²) >= 11 is 7.20. The van der Waals surface area contributed by atoms with Crippen LogP contribution in [-0.2, 0) is 10.2 Å². The van der Waals surface area contributed by atoms with Gasteiger partial charge in [0.05, 0.1) is 5.02 Å². The van der Waals surface area contributed by atoms with Crippen molar-refractivity contribution in [1.29, 1.82) is 0 Å². The number of hydrogen-bond acceptors (Lipinski definition) is 3. The van der Waals surface area contributed by atoms with Crippen LogP contribution in [0.4, 0.5) is 0 Å². The van der Waals surface area contributed by atoms with Gasteiger partial charge in [0, 0.05) is 15.7 Å². The second-order valence-electron chi connectivity index (χ2n) is 3.67. The highest BCUT2D eigenvalue weighted by molar-refractivity contribution is 7.10. The third kappa shape index (κ3) is 2.08. The highest BCUT2D eigenvalue weighted by Crippen LogP contribution is 2.33. The van der Waals surface area contributed by atoms with Gasteiger partial charge in [-0.1, -0.05) is 25.4 Å². The highest BCUT2D eigenvalue weighted by Gasteiger charge is 2.34. The Hall–Kier alpha value is -0.580. The fourth-order valence-electron chi connectivity index (χ4n) is 1.11. The van der Waals surface area contributed by atoms with Gasteiger partial charge in [0.25, 0.3) is 0 Å². The van der Waals surface area contributed by atoms with Crippen LogP contribution in [0.3, 0.4) is 0 Å². The van der Waals surface area contributed by atoms with Gasteiger partial charge in [-0.15, -0.1) is 11.3 Å². The van der Waals surface area contributed by atoms with Gasteiger partial charge in [-0.2, -0.15) is 0 Å². The molecule has 0 aliphatic heterocycles. The van der Waals surface area contributed by atoms with Crippen LogP contribution < -0.4 is 5.73 Å². The Labute approximate surface area is 91.5 Å². The molecule has 1 heterocycles. The maximum absolute atomic E-state index is 10.8. The highest BCUT2D eigenvalue weighted by atomic mass is 35.5. The summed E-state index contributed by atoms with van der Waals surface area (Å²) in [7, 11) is 0. The second-order valence-corrected chi connectivity index (χ2v) is 5.01. The summed E-state index contributed by atoms with van der Waals surface area (Å²) in [5.74, 6) is -1.00. The van der Waals surface area contributed by atoms with E-state index in [-0.39, 0.29) is 0 Å². The summed E-state index contributed by atoms with van der Waals surface area (Å²) < 4.78 is 0. The number of nitrogens with two attached hydrogens (primary N) is 1. The van der Waals surface area contributed by atoms with Crippen LogP contribution in [0.5, 0.6) is 0 Å². The minimum atomic E-state index is -1.00. The number of carbonyl (C=O) groups is 1. The standard InChI is InChI=1S/C9H12ClNO2S/c1-9(2,7(11)8(12)13)6-3-5(10)4-14-6/h3-4,7H,11H2,1-2H3,(H,12,13). The molecule has 1 aromatic heterocycles. The molecule has 0 amide bonds. The molecule has 0 saturated heterocycles. The van der Waals surface area contributed by atoms with E-state index in [1.807, 2.05) is 0 Å². The van der Waals surface area contributed by atoms with Crippen LogP contribution >= 0.6 is 22.9 Å². The molecule has 0 bridgehead atoms. The Morgan fingerprint density at radius 1 is 1.71 bits per heavy atom. The van der Waals surface area contributed by atoms with Crippen molar-refractivity contribution in [2.24, 2.45) is 5.73 Å². The lowest BCUT2D eigenvalue weighted by Crippen LogP contribution is -2.46. The third-order valence-corrected chi connectivity index (χ3v) is 3.86. The van der Waals surface area contributed by atoms with Crippen LogP contribution in [0.15, 0.2) is 11.4 Å². The van der Waals surface area contributed by atoms with E-state index >= 15 is 0 Å². The van der Waals surface area contributed by atoms with E-state index in [4.69, 9.17) is 22.4 Å². The molecule has 3 nitrogen and oxygen atoms in total. The van der Waals surface area contributed by atoms with Crippen molar-refractivity contribution in [2.45, 2.75) is 25.3 Å². The molecule has 5 heteroatoms. The van der Waals surface area contributed by atoms with E-state index in [2.05, 4.69) is 0 Å². The lowest BCUT2D eigenvalue weighted by molar-refractivity contribution is -0.140. The van der Waals surface area contributed by atoms with Gasteiger partial charge in [-0.3, -0.25) is 4.79 Å². The van der Waals surface area contributed by atoms with Gasteiger partial charge in [0.15, 0.2) is 0 Å². The molecule has 3 N–H and O–H groups in total. The lowest BCUT2D eigenvalue weighted by atomic mass is 9.83. The van der Waals surface area contributed by atoms with Crippen LogP contribution in [-0.4, -0.2) is 17.1 Å². The SMILES string of the molecule is CC(C)(c1cc(Cl)cs1)C(N)C(=O)O. The van der Waals surface area contributed by atoms with E-state index in [1.165, 1.54) is 11.3 Å². The molecule has 1 aromatic rings. The van der Waals surface area contributed by atoms with Crippen molar-refractivity contribution < 1.29 is 9.90 Å². The first-order valence-electron chi connectivity index (χ1n) is 4.08. The second kappa shape index (κ2) is 3.88. The van der Waals surface area contributed by atoms with Crippen molar-refractivity contribution in [2.75, 3.05) is 0 Å². The fraction of sp³-hybridized carbons (Fsp3) is 0.444. The Morgan fingerprint density at radius 2 is 2.29 bits per heavy atom. The first kappa shape index (κ1) is 11.5. The van der Waals surface area contributed by atoms with Gasteiger partial charge in [-0.05, 0) is 6.07 Å². The zero-order chi connectivity index (χ0) is 10.9. The summed E-state index contributed by atoms with van der Waals surface area (Å²) in [5, 5.41) is 11.2. The third-order valence-electron chi connectivity index (χ3n) is 2.25. The number of rotatable bonds is 3. The number of hydrogen-bond donors (Lipinski definition) is 2. The fourth-order valence-corrected chi connectivity index (χ4v) is 2.35. The van der Waals surface area contributed by atoms with Crippen molar-refractivity contribution >= 4 is 28.9 Å². The first-order valence-corrected chi connectivity index (χ1v) is 5.34. The van der Waals surface area contributed by atoms with Crippen molar-refractivity contribution in [1.82, 2.24) is 0 Å². The number of aliphatic carboxylic acids is 1. The van der Waals surface area contributed by atoms with Gasteiger partial charge in [-0.25, -0.2) is 0 Å². The van der Waals surface area contributed by atoms with Crippen molar-refractivity contribution in [3.05, 3.63) is 21.3 Å². The Morgan fingerprint density at radius 3 is 2.64 bits per heavy atom. The van der Waals surface area contributed by atoms with Crippen LogP contribution in [0.25, 0.3) is 0 Å². The molecule has 0 saturated carbocycles. The average molecular weight is 234 g/mol. The molecule has 0 aromatic carbocycles. The number of carboxylic acid groups (broad SMARTS) is 1. The van der Waals surface area contributed by atoms with E-state index in [9.17, 15) is 4.79 Å².